The first-order valence-corrected chi connectivity index (χ1v) is 11.5. The van der Waals surface area contributed by atoms with Crippen molar-refractivity contribution in [3.63, 3.8) is 0 Å². The Bertz CT molecular complexity index is 1610. The highest BCUT2D eigenvalue weighted by molar-refractivity contribution is 7.21. The number of ether oxygens (including phenoxy) is 1. The number of anilines is 1. The summed E-state index contributed by atoms with van der Waals surface area (Å²) in [6.07, 6.45) is 3.00. The van der Waals surface area contributed by atoms with Crippen LogP contribution in [0.25, 0.3) is 32.9 Å². The molecule has 0 fully saturated rings. The fraction of sp³-hybridized carbons (Fsp3) is 0.0400. The van der Waals surface area contributed by atoms with Gasteiger partial charge in [0.15, 0.2) is 15.6 Å². The predicted octanol–water partition coefficient (Wildman–Crippen LogP) is 5.60. The van der Waals surface area contributed by atoms with Crippen LogP contribution in [0.3, 0.4) is 0 Å². The number of fused-ring (bicyclic) bond motifs is 1. The van der Waals surface area contributed by atoms with E-state index in [0.717, 1.165) is 5.56 Å². The number of carbonyl (C=O) groups is 1. The first kappa shape index (κ1) is 22.4. The normalized spacial score (nSPS) is 10.7. The van der Waals surface area contributed by atoms with Crippen molar-refractivity contribution in [3.8, 4) is 34.2 Å². The number of amides is 1. The Balaban J connectivity index is 1.48. The molecule has 0 aliphatic heterocycles. The Morgan fingerprint density at radius 1 is 1.06 bits per heavy atom. The molecule has 170 valence electrons. The summed E-state index contributed by atoms with van der Waals surface area (Å²) in [5, 5.41) is 13.1. The van der Waals surface area contributed by atoms with Gasteiger partial charge in [0.25, 0.3) is 5.91 Å². The molecule has 0 bridgehead atoms. The number of rotatable bonds is 5. The minimum atomic E-state index is -0.431. The number of hydrogen-bond donors (Lipinski definition) is 1. The second-order valence-corrected chi connectivity index (χ2v) is 8.71. The summed E-state index contributed by atoms with van der Waals surface area (Å²) in [7, 11) is 1.55. The van der Waals surface area contributed by atoms with Crippen LogP contribution < -0.4 is 10.1 Å². The van der Waals surface area contributed by atoms with Crippen LogP contribution in [0.1, 0.15) is 16.1 Å². The van der Waals surface area contributed by atoms with Gasteiger partial charge in [-0.2, -0.15) is 10.2 Å². The second kappa shape index (κ2) is 9.46. The fourth-order valence-corrected chi connectivity index (χ4v) is 4.41. The van der Waals surface area contributed by atoms with Crippen molar-refractivity contribution in [2.75, 3.05) is 12.4 Å². The van der Waals surface area contributed by atoms with E-state index in [4.69, 9.17) is 16.3 Å². The summed E-state index contributed by atoms with van der Waals surface area (Å²) >= 11 is 7.18. The topological polar surface area (TPSA) is 114 Å². The van der Waals surface area contributed by atoms with E-state index in [2.05, 4.69) is 25.3 Å². The molecule has 3 aromatic heterocycles. The van der Waals surface area contributed by atoms with Gasteiger partial charge in [-0.3, -0.25) is 10.1 Å². The minimum Gasteiger partial charge on any atom is -0.496 e. The van der Waals surface area contributed by atoms with Gasteiger partial charge in [-0.25, -0.2) is 15.0 Å². The van der Waals surface area contributed by atoms with Crippen LogP contribution in [0, 0.1) is 11.3 Å². The maximum absolute atomic E-state index is 13.2. The predicted molar refractivity (Wildman–Crippen MR) is 135 cm³/mol. The first-order valence-electron chi connectivity index (χ1n) is 10.3. The highest BCUT2D eigenvalue weighted by Gasteiger charge is 2.19. The molecular formula is C25H15ClN6O2S. The lowest BCUT2D eigenvalue weighted by Crippen LogP contribution is -2.14. The van der Waals surface area contributed by atoms with E-state index in [1.807, 2.05) is 36.4 Å². The molecule has 0 saturated carbocycles. The lowest BCUT2D eigenvalue weighted by atomic mass is 9.99. The molecular weight excluding hydrogens is 484 g/mol. The van der Waals surface area contributed by atoms with Gasteiger partial charge >= 0.3 is 0 Å². The van der Waals surface area contributed by atoms with E-state index in [9.17, 15) is 10.1 Å². The fourth-order valence-electron chi connectivity index (χ4n) is 3.49. The number of thiazole rings is 1. The lowest BCUT2D eigenvalue weighted by molar-refractivity contribution is 0.102. The van der Waals surface area contributed by atoms with Gasteiger partial charge < -0.3 is 4.74 Å². The first-order chi connectivity index (χ1) is 17.1. The molecule has 10 heteroatoms. The number of hydrogen-bond acceptors (Lipinski definition) is 8. The molecule has 1 N–H and O–H groups in total. The van der Waals surface area contributed by atoms with E-state index >= 15 is 0 Å². The molecule has 3 heterocycles. The van der Waals surface area contributed by atoms with Gasteiger partial charge in [0.1, 0.15) is 17.5 Å². The SMILES string of the molecule is COc1ccccc1-c1cc(C#N)ncc1C(=O)Nc1nc2ncc(-c3ccc(Cl)cc3)nc2s1. The molecule has 0 aliphatic carbocycles. The minimum absolute atomic E-state index is 0.186. The van der Waals surface area contributed by atoms with Crippen molar-refractivity contribution in [1.29, 1.82) is 5.26 Å². The zero-order valence-corrected chi connectivity index (χ0v) is 19.8. The number of nitrogens with zero attached hydrogens (tertiary/aromatic N) is 5. The Morgan fingerprint density at radius 3 is 2.63 bits per heavy atom. The molecule has 35 heavy (non-hydrogen) atoms. The Labute approximate surface area is 208 Å². The van der Waals surface area contributed by atoms with Gasteiger partial charge in [0, 0.05) is 27.9 Å². The van der Waals surface area contributed by atoms with Crippen LogP contribution >= 0.6 is 22.9 Å². The quantitative estimate of drug-likeness (QED) is 0.335. The second-order valence-electron chi connectivity index (χ2n) is 7.29. The van der Waals surface area contributed by atoms with Crippen molar-refractivity contribution >= 4 is 44.5 Å². The molecule has 0 spiro atoms. The molecule has 0 radical (unpaired) electrons. The number of nitriles is 1. The van der Waals surface area contributed by atoms with Crippen LogP contribution in [-0.2, 0) is 0 Å². The van der Waals surface area contributed by atoms with Crippen LogP contribution in [0.4, 0.5) is 5.13 Å². The zero-order valence-electron chi connectivity index (χ0n) is 18.2. The third kappa shape index (κ3) is 4.53. The summed E-state index contributed by atoms with van der Waals surface area (Å²) in [6, 6.07) is 18.1. The van der Waals surface area contributed by atoms with E-state index in [-0.39, 0.29) is 11.3 Å². The highest BCUT2D eigenvalue weighted by atomic mass is 35.5. The summed E-state index contributed by atoms with van der Waals surface area (Å²) < 4.78 is 5.45. The molecule has 5 rings (SSSR count). The summed E-state index contributed by atoms with van der Waals surface area (Å²) in [6.45, 7) is 0. The number of aromatic nitrogens is 4. The maximum atomic E-state index is 13.2. The van der Waals surface area contributed by atoms with Crippen molar-refractivity contribution in [3.05, 3.63) is 83.3 Å². The van der Waals surface area contributed by atoms with E-state index < -0.39 is 5.91 Å². The molecule has 0 atom stereocenters. The van der Waals surface area contributed by atoms with Gasteiger partial charge in [-0.05, 0) is 24.3 Å². The zero-order chi connectivity index (χ0) is 24.4. The molecule has 1 amide bonds. The summed E-state index contributed by atoms with van der Waals surface area (Å²) in [5.41, 5.74) is 3.61. The Hall–Kier alpha value is -4.39. The van der Waals surface area contributed by atoms with Crippen molar-refractivity contribution in [2.24, 2.45) is 0 Å². The number of carbonyl (C=O) groups excluding carboxylic acids is 1. The van der Waals surface area contributed by atoms with Gasteiger partial charge in [-0.15, -0.1) is 0 Å². The van der Waals surface area contributed by atoms with Crippen LogP contribution in [0.5, 0.6) is 5.75 Å². The number of para-hydroxylation sites is 1. The molecule has 0 saturated heterocycles. The van der Waals surface area contributed by atoms with Crippen molar-refractivity contribution in [1.82, 2.24) is 19.9 Å². The number of nitrogens with one attached hydrogen (secondary N) is 1. The Kier molecular flexibility index (Phi) is 6.06. The molecule has 2 aromatic carbocycles. The standard InChI is InChI=1S/C25H15ClN6O2S/c1-34-21-5-3-2-4-17(21)18-10-16(11-27)28-12-19(18)23(33)32-25-31-22-24(35-25)30-20(13-29-22)14-6-8-15(26)9-7-14/h2-10,12-13H,1H3,(H,29,31,32,33). The molecule has 5 aromatic rings. The van der Waals surface area contributed by atoms with Crippen molar-refractivity contribution < 1.29 is 9.53 Å². The van der Waals surface area contributed by atoms with E-state index in [0.29, 0.717) is 43.2 Å². The summed E-state index contributed by atoms with van der Waals surface area (Å²) in [4.78, 5) is 31.3. The number of halogens is 1. The number of pyridine rings is 1. The van der Waals surface area contributed by atoms with E-state index in [1.54, 1.807) is 37.6 Å². The van der Waals surface area contributed by atoms with Gasteiger partial charge in [-0.1, -0.05) is 53.3 Å². The number of benzene rings is 2. The van der Waals surface area contributed by atoms with Crippen LogP contribution in [0.15, 0.2) is 67.0 Å². The average molecular weight is 499 g/mol. The largest absolute Gasteiger partial charge is 0.496 e. The third-order valence-corrected chi connectivity index (χ3v) is 6.25. The summed E-state index contributed by atoms with van der Waals surface area (Å²) in [5.74, 6) is 0.139. The highest BCUT2D eigenvalue weighted by Crippen LogP contribution is 2.33. The third-order valence-electron chi connectivity index (χ3n) is 5.14. The van der Waals surface area contributed by atoms with Crippen LogP contribution in [-0.4, -0.2) is 33.0 Å². The Morgan fingerprint density at radius 2 is 1.86 bits per heavy atom. The van der Waals surface area contributed by atoms with Crippen LogP contribution in [0.2, 0.25) is 5.02 Å². The van der Waals surface area contributed by atoms with E-state index in [1.165, 1.54) is 17.5 Å². The monoisotopic (exact) mass is 498 g/mol. The molecule has 0 aliphatic rings. The lowest BCUT2D eigenvalue weighted by Gasteiger charge is -2.12. The maximum Gasteiger partial charge on any atom is 0.259 e. The van der Waals surface area contributed by atoms with Gasteiger partial charge in [0.05, 0.1) is 24.6 Å². The molecule has 8 nitrogen and oxygen atoms in total. The number of methoxy groups -OCH3 is 1. The smallest absolute Gasteiger partial charge is 0.259 e. The average Bonchev–Trinajstić information content (AvgIpc) is 3.30. The molecule has 0 unspecified atom stereocenters. The van der Waals surface area contributed by atoms with Crippen molar-refractivity contribution in [2.45, 2.75) is 0 Å². The van der Waals surface area contributed by atoms with Gasteiger partial charge in [0.2, 0.25) is 0 Å².